The monoisotopic (exact) mass is 548 g/mol. The lowest BCUT2D eigenvalue weighted by Crippen LogP contribution is -2.12. The summed E-state index contributed by atoms with van der Waals surface area (Å²) in [5.41, 5.74) is 4.46. The van der Waals surface area contributed by atoms with Crippen LogP contribution < -0.4 is 5.32 Å². The molecule has 0 aliphatic heterocycles. The normalized spacial score (nSPS) is 11.6. The summed E-state index contributed by atoms with van der Waals surface area (Å²) in [7, 11) is -4.18. The van der Waals surface area contributed by atoms with E-state index in [4.69, 9.17) is 4.55 Å². The lowest BCUT2D eigenvalue weighted by Gasteiger charge is -2.09. The van der Waals surface area contributed by atoms with E-state index in [9.17, 15) is 13.2 Å². The van der Waals surface area contributed by atoms with Crippen LogP contribution in [0, 0.1) is 6.92 Å². The van der Waals surface area contributed by atoms with Crippen LogP contribution in [0.4, 0.5) is 5.69 Å². The third kappa shape index (κ3) is 4.91. The van der Waals surface area contributed by atoms with E-state index in [0.29, 0.717) is 16.7 Å². The summed E-state index contributed by atoms with van der Waals surface area (Å²) in [6.07, 6.45) is 0. The summed E-state index contributed by atoms with van der Waals surface area (Å²) in [4.78, 5) is 16.8. The summed E-state index contributed by atoms with van der Waals surface area (Å²) >= 11 is 0. The van der Waals surface area contributed by atoms with Crippen molar-refractivity contribution in [2.75, 3.05) is 5.32 Å². The van der Waals surface area contributed by atoms with Crippen LogP contribution in [0.3, 0.4) is 0 Å². The van der Waals surface area contributed by atoms with Crippen LogP contribution in [-0.2, 0) is 10.1 Å². The lowest BCUT2D eigenvalue weighted by molar-refractivity contribution is 0.102. The van der Waals surface area contributed by atoms with Gasteiger partial charge in [0.15, 0.2) is 5.65 Å². The first-order valence-electron chi connectivity index (χ1n) is 12.5. The molecule has 0 aliphatic carbocycles. The van der Waals surface area contributed by atoms with E-state index in [1.54, 1.807) is 10.6 Å². The second-order valence-corrected chi connectivity index (χ2v) is 10.8. The molecule has 7 rings (SSSR count). The Morgan fingerprint density at radius 2 is 1.52 bits per heavy atom. The van der Waals surface area contributed by atoms with Crippen molar-refractivity contribution in [3.8, 4) is 0 Å². The van der Waals surface area contributed by atoms with Gasteiger partial charge in [-0.3, -0.25) is 14.4 Å². The van der Waals surface area contributed by atoms with E-state index in [0.717, 1.165) is 33.1 Å². The van der Waals surface area contributed by atoms with Gasteiger partial charge in [-0.25, -0.2) is 9.50 Å². The number of amides is 1. The highest BCUT2D eigenvalue weighted by Gasteiger charge is 2.14. The number of aromatic amines is 1. The van der Waals surface area contributed by atoms with Gasteiger partial charge in [-0.05, 0) is 77.0 Å². The van der Waals surface area contributed by atoms with Crippen LogP contribution in [0.25, 0.3) is 38.2 Å². The predicted molar refractivity (Wildman–Crippen MR) is 157 cm³/mol. The number of carbonyl (C=O) groups excluding carboxylic acids is 1. The van der Waals surface area contributed by atoms with E-state index in [1.807, 2.05) is 73.7 Å². The SMILES string of the molecule is Cc1cc2nc3cc(S(=O)(=O)O)ccc3n2[nH]1.O=C(Nc1ccccc1)c1cccc2cc3ccccc3cc12. The summed E-state index contributed by atoms with van der Waals surface area (Å²) < 4.78 is 32.7. The van der Waals surface area contributed by atoms with Crippen LogP contribution in [0.5, 0.6) is 0 Å². The molecule has 2 aromatic heterocycles. The van der Waals surface area contributed by atoms with Crippen molar-refractivity contribution in [3.05, 3.63) is 120 Å². The van der Waals surface area contributed by atoms with Crippen LogP contribution >= 0.6 is 0 Å². The molecule has 7 aromatic rings. The number of benzene rings is 5. The van der Waals surface area contributed by atoms with Gasteiger partial charge in [0.2, 0.25) is 0 Å². The van der Waals surface area contributed by atoms with Gasteiger partial charge in [-0.2, -0.15) is 8.42 Å². The van der Waals surface area contributed by atoms with Gasteiger partial charge < -0.3 is 5.32 Å². The van der Waals surface area contributed by atoms with E-state index in [-0.39, 0.29) is 10.8 Å². The molecule has 40 heavy (non-hydrogen) atoms. The van der Waals surface area contributed by atoms with Crippen molar-refractivity contribution in [1.29, 1.82) is 0 Å². The smallest absolute Gasteiger partial charge is 0.294 e. The van der Waals surface area contributed by atoms with E-state index < -0.39 is 10.1 Å². The molecular weight excluding hydrogens is 524 g/mol. The molecule has 5 aromatic carbocycles. The van der Waals surface area contributed by atoms with Crippen LogP contribution in [-0.4, -0.2) is 33.5 Å². The predicted octanol–water partition coefficient (Wildman–Crippen LogP) is 6.62. The zero-order chi connectivity index (χ0) is 27.9. The molecule has 0 unspecified atom stereocenters. The Morgan fingerprint density at radius 1 is 0.825 bits per heavy atom. The minimum absolute atomic E-state index is 0.0860. The molecule has 1 amide bonds. The number of aromatic nitrogens is 3. The number of para-hydroxylation sites is 1. The average molecular weight is 549 g/mol. The first-order chi connectivity index (χ1) is 19.3. The number of aryl methyl sites for hydroxylation is 1. The topological polar surface area (TPSA) is 117 Å². The van der Waals surface area contributed by atoms with Gasteiger partial charge in [-0.15, -0.1) is 0 Å². The third-order valence-corrected chi connectivity index (χ3v) is 7.46. The standard InChI is InChI=1S/C21H15NO.C10H9N3O3S/c23-21(22-18-10-2-1-3-11-18)19-12-6-9-17-13-15-7-4-5-8-16(15)14-20(17)19;1-6-4-10-11-8-5-7(17(14,15)16)2-3-9(8)13(10)12-6/h1-14H,(H,22,23);2-5,12H,1H3,(H,14,15,16). The maximum absolute atomic E-state index is 12.7. The highest BCUT2D eigenvalue weighted by atomic mass is 32.2. The Bertz CT molecular complexity index is 2150. The fourth-order valence-electron chi connectivity index (χ4n) is 4.74. The summed E-state index contributed by atoms with van der Waals surface area (Å²) in [6.45, 7) is 1.91. The Balaban J connectivity index is 0.000000151. The second kappa shape index (κ2) is 9.96. The molecule has 2 heterocycles. The van der Waals surface area contributed by atoms with E-state index in [1.165, 1.54) is 17.5 Å². The van der Waals surface area contributed by atoms with Gasteiger partial charge in [0.05, 0.1) is 15.9 Å². The molecule has 3 N–H and O–H groups in total. The number of anilines is 1. The lowest BCUT2D eigenvalue weighted by atomic mass is 9.99. The first kappa shape index (κ1) is 25.3. The largest absolute Gasteiger partial charge is 0.322 e. The number of carbonyl (C=O) groups is 1. The molecule has 0 spiro atoms. The average Bonchev–Trinajstić information content (AvgIpc) is 3.47. The fourth-order valence-corrected chi connectivity index (χ4v) is 5.24. The Hall–Kier alpha value is -4.99. The highest BCUT2D eigenvalue weighted by molar-refractivity contribution is 7.85. The second-order valence-electron chi connectivity index (χ2n) is 9.42. The molecule has 9 heteroatoms. The summed E-state index contributed by atoms with van der Waals surface area (Å²) in [5, 5.41) is 10.4. The third-order valence-electron chi connectivity index (χ3n) is 6.61. The van der Waals surface area contributed by atoms with Crippen LogP contribution in [0.15, 0.2) is 114 Å². The highest BCUT2D eigenvalue weighted by Crippen LogP contribution is 2.26. The molecule has 0 radical (unpaired) electrons. The Labute approximate surface area is 229 Å². The van der Waals surface area contributed by atoms with E-state index in [2.05, 4.69) is 39.7 Å². The van der Waals surface area contributed by atoms with Gasteiger partial charge in [0, 0.05) is 23.0 Å². The Morgan fingerprint density at radius 3 is 2.27 bits per heavy atom. The molecule has 0 atom stereocenters. The minimum Gasteiger partial charge on any atom is -0.322 e. The number of imidazole rings is 1. The molecular formula is C31H24N4O4S. The molecule has 0 fully saturated rings. The number of nitrogens with zero attached hydrogens (tertiary/aromatic N) is 2. The van der Waals surface area contributed by atoms with Crippen molar-refractivity contribution in [2.45, 2.75) is 11.8 Å². The van der Waals surface area contributed by atoms with Crippen LogP contribution in [0.1, 0.15) is 16.1 Å². The van der Waals surface area contributed by atoms with Gasteiger partial charge in [0.25, 0.3) is 16.0 Å². The fraction of sp³-hybridized carbons (Fsp3) is 0.0323. The first-order valence-corrected chi connectivity index (χ1v) is 13.9. The number of H-pyrrole nitrogens is 1. The number of fused-ring (bicyclic) bond motifs is 5. The molecule has 0 aliphatic rings. The van der Waals surface area contributed by atoms with Crippen molar-refractivity contribution in [3.63, 3.8) is 0 Å². The van der Waals surface area contributed by atoms with Gasteiger partial charge in [-0.1, -0.05) is 54.6 Å². The zero-order valence-corrected chi connectivity index (χ0v) is 22.2. The molecule has 0 saturated heterocycles. The number of nitrogens with one attached hydrogen (secondary N) is 2. The number of hydrogen-bond donors (Lipinski definition) is 3. The van der Waals surface area contributed by atoms with Crippen molar-refractivity contribution in [2.24, 2.45) is 0 Å². The zero-order valence-electron chi connectivity index (χ0n) is 21.4. The van der Waals surface area contributed by atoms with Gasteiger partial charge in [0.1, 0.15) is 0 Å². The quantitative estimate of drug-likeness (QED) is 0.170. The Kier molecular flexibility index (Phi) is 6.30. The number of hydrogen-bond acceptors (Lipinski definition) is 4. The maximum atomic E-state index is 12.7. The molecule has 8 nitrogen and oxygen atoms in total. The minimum atomic E-state index is -4.18. The molecule has 0 bridgehead atoms. The molecule has 198 valence electrons. The maximum Gasteiger partial charge on any atom is 0.294 e. The van der Waals surface area contributed by atoms with Crippen LogP contribution in [0.2, 0.25) is 0 Å². The summed E-state index contributed by atoms with van der Waals surface area (Å²) in [5.74, 6) is -0.0860. The number of rotatable bonds is 3. The van der Waals surface area contributed by atoms with Crippen molar-refractivity contribution >= 4 is 59.9 Å². The van der Waals surface area contributed by atoms with Gasteiger partial charge >= 0.3 is 0 Å². The van der Waals surface area contributed by atoms with Crippen molar-refractivity contribution < 1.29 is 17.8 Å². The van der Waals surface area contributed by atoms with E-state index >= 15 is 0 Å². The molecule has 0 saturated carbocycles. The summed E-state index contributed by atoms with van der Waals surface area (Å²) in [6, 6.07) is 33.9. The van der Waals surface area contributed by atoms with Crippen molar-refractivity contribution in [1.82, 2.24) is 14.6 Å².